The molecular formula is C10H11NO3. The van der Waals surface area contributed by atoms with Crippen LogP contribution >= 0.6 is 0 Å². The summed E-state index contributed by atoms with van der Waals surface area (Å²) >= 11 is 0. The number of hydrogen-bond donors (Lipinski definition) is 0. The first kappa shape index (κ1) is 8.99. The van der Waals surface area contributed by atoms with E-state index in [1.54, 1.807) is 17.0 Å². The van der Waals surface area contributed by atoms with E-state index in [1.807, 2.05) is 0 Å². The molecule has 1 saturated heterocycles. The fourth-order valence-corrected chi connectivity index (χ4v) is 1.73. The zero-order valence-corrected chi connectivity index (χ0v) is 7.68. The van der Waals surface area contributed by atoms with Gasteiger partial charge in [-0.15, -0.1) is 0 Å². The van der Waals surface area contributed by atoms with Gasteiger partial charge in [0.2, 0.25) is 0 Å². The standard InChI is InChI=1S/C10H11NO3/c12-7-8-3-1-5-11(8)10(13)9-4-2-6-14-9/h2,4,6-8H,1,3,5H2. The first-order valence-electron chi connectivity index (χ1n) is 4.62. The zero-order valence-electron chi connectivity index (χ0n) is 7.68. The van der Waals surface area contributed by atoms with Crippen LogP contribution in [0.1, 0.15) is 23.4 Å². The number of nitrogens with zero attached hydrogens (tertiary/aromatic N) is 1. The average Bonchev–Trinajstić information content (AvgIpc) is 2.87. The zero-order chi connectivity index (χ0) is 9.97. The minimum atomic E-state index is -0.271. The van der Waals surface area contributed by atoms with Crippen molar-refractivity contribution >= 4 is 12.2 Å². The maximum atomic E-state index is 11.8. The smallest absolute Gasteiger partial charge is 0.290 e. The topological polar surface area (TPSA) is 50.5 Å². The molecule has 0 N–H and O–H groups in total. The van der Waals surface area contributed by atoms with Gasteiger partial charge in [0.15, 0.2) is 5.76 Å². The van der Waals surface area contributed by atoms with Crippen molar-refractivity contribution in [1.82, 2.24) is 4.90 Å². The number of amides is 1. The number of furan rings is 1. The van der Waals surface area contributed by atoms with E-state index in [0.717, 1.165) is 19.1 Å². The molecule has 74 valence electrons. The predicted molar refractivity (Wildman–Crippen MR) is 48.8 cm³/mol. The van der Waals surface area contributed by atoms with Gasteiger partial charge in [0, 0.05) is 6.54 Å². The molecule has 0 saturated carbocycles. The molecule has 4 nitrogen and oxygen atoms in total. The molecule has 0 radical (unpaired) electrons. The summed E-state index contributed by atoms with van der Waals surface area (Å²) in [6.07, 6.45) is 3.93. The SMILES string of the molecule is O=CC1CCCN1C(=O)c1ccco1. The largest absolute Gasteiger partial charge is 0.459 e. The lowest BCUT2D eigenvalue weighted by molar-refractivity contribution is -0.111. The van der Waals surface area contributed by atoms with Gasteiger partial charge in [-0.3, -0.25) is 4.79 Å². The molecule has 1 aliphatic rings. The molecule has 1 fully saturated rings. The van der Waals surface area contributed by atoms with Crippen molar-refractivity contribution in [3.05, 3.63) is 24.2 Å². The highest BCUT2D eigenvalue weighted by atomic mass is 16.3. The summed E-state index contributed by atoms with van der Waals surface area (Å²) in [4.78, 5) is 24.0. The minimum absolute atomic E-state index is 0.190. The molecule has 1 amide bonds. The molecule has 4 heteroatoms. The lowest BCUT2D eigenvalue weighted by Gasteiger charge is -2.18. The third-order valence-electron chi connectivity index (χ3n) is 2.45. The number of rotatable bonds is 2. The minimum Gasteiger partial charge on any atom is -0.459 e. The van der Waals surface area contributed by atoms with Gasteiger partial charge in [0.05, 0.1) is 12.3 Å². The van der Waals surface area contributed by atoms with Gasteiger partial charge >= 0.3 is 0 Å². The predicted octanol–water partition coefficient (Wildman–Crippen LogP) is 1.08. The Hall–Kier alpha value is -1.58. The van der Waals surface area contributed by atoms with Crippen LogP contribution in [-0.2, 0) is 4.79 Å². The highest BCUT2D eigenvalue weighted by Gasteiger charge is 2.30. The average molecular weight is 193 g/mol. The lowest BCUT2D eigenvalue weighted by atomic mass is 10.2. The molecule has 2 rings (SSSR count). The van der Waals surface area contributed by atoms with Crippen molar-refractivity contribution in [2.24, 2.45) is 0 Å². The Morgan fingerprint density at radius 3 is 3.14 bits per heavy atom. The second-order valence-corrected chi connectivity index (χ2v) is 3.32. The van der Waals surface area contributed by atoms with Crippen LogP contribution in [0.4, 0.5) is 0 Å². The Kier molecular flexibility index (Phi) is 2.35. The maximum Gasteiger partial charge on any atom is 0.290 e. The summed E-state index contributed by atoms with van der Waals surface area (Å²) in [5.41, 5.74) is 0. The van der Waals surface area contributed by atoms with Crippen LogP contribution in [-0.4, -0.2) is 29.7 Å². The fraction of sp³-hybridized carbons (Fsp3) is 0.400. The van der Waals surface area contributed by atoms with Gasteiger partial charge in [0.25, 0.3) is 5.91 Å². The van der Waals surface area contributed by atoms with Gasteiger partial charge < -0.3 is 14.1 Å². The molecule has 14 heavy (non-hydrogen) atoms. The summed E-state index contributed by atoms with van der Waals surface area (Å²) in [6.45, 7) is 0.642. The van der Waals surface area contributed by atoms with Crippen molar-refractivity contribution in [2.45, 2.75) is 18.9 Å². The quantitative estimate of drug-likeness (QED) is 0.660. The monoisotopic (exact) mass is 193 g/mol. The van der Waals surface area contributed by atoms with E-state index in [9.17, 15) is 9.59 Å². The Balaban J connectivity index is 2.15. The Morgan fingerprint density at radius 1 is 1.64 bits per heavy atom. The van der Waals surface area contributed by atoms with Crippen LogP contribution in [0.25, 0.3) is 0 Å². The van der Waals surface area contributed by atoms with Crippen LogP contribution in [0.5, 0.6) is 0 Å². The normalized spacial score (nSPS) is 21.1. The number of likely N-dealkylation sites (tertiary alicyclic amines) is 1. The van der Waals surface area contributed by atoms with Crippen molar-refractivity contribution in [1.29, 1.82) is 0 Å². The molecule has 0 aromatic carbocycles. The maximum absolute atomic E-state index is 11.8. The summed E-state index contributed by atoms with van der Waals surface area (Å²) in [5, 5.41) is 0. The highest BCUT2D eigenvalue weighted by molar-refractivity contribution is 5.93. The van der Waals surface area contributed by atoms with Gasteiger partial charge in [-0.05, 0) is 25.0 Å². The summed E-state index contributed by atoms with van der Waals surface area (Å²) in [6, 6.07) is 3.01. The molecule has 2 heterocycles. The van der Waals surface area contributed by atoms with Crippen LogP contribution in [0.15, 0.2) is 22.8 Å². The Labute approximate surface area is 81.5 Å². The van der Waals surface area contributed by atoms with Crippen LogP contribution in [0.2, 0.25) is 0 Å². The fourth-order valence-electron chi connectivity index (χ4n) is 1.73. The molecule has 1 atom stereocenters. The molecule has 0 aliphatic carbocycles. The third kappa shape index (κ3) is 1.43. The summed E-state index contributed by atoms with van der Waals surface area (Å²) in [5.74, 6) is 0.114. The molecule has 0 bridgehead atoms. The Bertz CT molecular complexity index is 331. The number of aldehydes is 1. The summed E-state index contributed by atoms with van der Waals surface area (Å²) < 4.78 is 4.99. The summed E-state index contributed by atoms with van der Waals surface area (Å²) in [7, 11) is 0. The number of carbonyl (C=O) groups excluding carboxylic acids is 2. The van der Waals surface area contributed by atoms with E-state index in [0.29, 0.717) is 12.3 Å². The first-order valence-corrected chi connectivity index (χ1v) is 4.62. The van der Waals surface area contributed by atoms with Crippen molar-refractivity contribution in [2.75, 3.05) is 6.54 Å². The highest BCUT2D eigenvalue weighted by Crippen LogP contribution is 2.18. The molecular weight excluding hydrogens is 182 g/mol. The van der Waals surface area contributed by atoms with E-state index in [2.05, 4.69) is 0 Å². The molecule has 1 aromatic heterocycles. The van der Waals surface area contributed by atoms with Gasteiger partial charge in [-0.25, -0.2) is 0 Å². The molecule has 1 aromatic rings. The second kappa shape index (κ2) is 3.65. The second-order valence-electron chi connectivity index (χ2n) is 3.32. The van der Waals surface area contributed by atoms with E-state index in [1.165, 1.54) is 6.26 Å². The first-order chi connectivity index (χ1) is 6.83. The van der Waals surface area contributed by atoms with Crippen molar-refractivity contribution < 1.29 is 14.0 Å². The van der Waals surface area contributed by atoms with Gasteiger partial charge in [-0.2, -0.15) is 0 Å². The Morgan fingerprint density at radius 2 is 2.50 bits per heavy atom. The number of carbonyl (C=O) groups is 2. The molecule has 0 spiro atoms. The van der Waals surface area contributed by atoms with E-state index in [4.69, 9.17) is 4.42 Å². The lowest BCUT2D eigenvalue weighted by Crippen LogP contribution is -2.36. The van der Waals surface area contributed by atoms with Crippen LogP contribution < -0.4 is 0 Å². The van der Waals surface area contributed by atoms with Gasteiger partial charge in [-0.1, -0.05) is 0 Å². The van der Waals surface area contributed by atoms with Gasteiger partial charge in [0.1, 0.15) is 6.29 Å². The van der Waals surface area contributed by atoms with E-state index >= 15 is 0 Å². The number of hydrogen-bond acceptors (Lipinski definition) is 3. The van der Waals surface area contributed by atoms with Crippen molar-refractivity contribution in [3.63, 3.8) is 0 Å². The third-order valence-corrected chi connectivity index (χ3v) is 2.45. The van der Waals surface area contributed by atoms with E-state index in [-0.39, 0.29) is 11.9 Å². The van der Waals surface area contributed by atoms with Crippen molar-refractivity contribution in [3.8, 4) is 0 Å². The van der Waals surface area contributed by atoms with Crippen LogP contribution in [0, 0.1) is 0 Å². The van der Waals surface area contributed by atoms with E-state index < -0.39 is 0 Å². The van der Waals surface area contributed by atoms with Crippen LogP contribution in [0.3, 0.4) is 0 Å². The molecule has 1 aliphatic heterocycles. The molecule has 1 unspecified atom stereocenters.